The van der Waals surface area contributed by atoms with Crippen LogP contribution < -0.4 is 9.64 Å². The van der Waals surface area contributed by atoms with E-state index in [9.17, 15) is 4.79 Å². The number of thiazole rings is 1. The number of amides is 1. The Labute approximate surface area is 213 Å². The molecule has 0 N–H and O–H groups in total. The molecule has 0 bridgehead atoms. The van der Waals surface area contributed by atoms with Crippen molar-refractivity contribution >= 4 is 68.5 Å². The SMILES string of the molecule is COc1ccc(SCC(=O)N(CCN2CCOCC2)c2nc3ccc(SC)cc3s2)cc1.Cl. The normalized spacial score (nSPS) is 14.1. The number of benzene rings is 2. The molecule has 0 radical (unpaired) electrons. The fourth-order valence-electron chi connectivity index (χ4n) is 3.42. The maximum absolute atomic E-state index is 13.3. The van der Waals surface area contributed by atoms with Crippen molar-refractivity contribution < 1.29 is 14.3 Å². The van der Waals surface area contributed by atoms with Gasteiger partial charge in [0.2, 0.25) is 5.91 Å². The minimum atomic E-state index is 0. The summed E-state index contributed by atoms with van der Waals surface area (Å²) in [4.78, 5) is 24.6. The van der Waals surface area contributed by atoms with E-state index in [4.69, 9.17) is 14.5 Å². The fourth-order valence-corrected chi connectivity index (χ4v) is 5.76. The summed E-state index contributed by atoms with van der Waals surface area (Å²) in [7, 11) is 1.65. The lowest BCUT2D eigenvalue weighted by Gasteiger charge is -2.29. The van der Waals surface area contributed by atoms with Crippen molar-refractivity contribution in [3.05, 3.63) is 42.5 Å². The van der Waals surface area contributed by atoms with Crippen molar-refractivity contribution in [2.75, 3.05) is 63.4 Å². The van der Waals surface area contributed by atoms with Gasteiger partial charge in [0.15, 0.2) is 5.13 Å². The van der Waals surface area contributed by atoms with Crippen LogP contribution in [0.1, 0.15) is 0 Å². The van der Waals surface area contributed by atoms with Gasteiger partial charge in [-0.1, -0.05) is 11.3 Å². The Hall–Kier alpha value is -1.49. The molecule has 10 heteroatoms. The van der Waals surface area contributed by atoms with E-state index in [-0.39, 0.29) is 18.3 Å². The van der Waals surface area contributed by atoms with Crippen LogP contribution in [0.4, 0.5) is 5.13 Å². The van der Waals surface area contributed by atoms with Gasteiger partial charge in [-0.15, -0.1) is 35.9 Å². The molecule has 178 valence electrons. The van der Waals surface area contributed by atoms with Gasteiger partial charge in [-0.05, 0) is 48.7 Å². The molecule has 1 saturated heterocycles. The molecule has 1 aliphatic rings. The smallest absolute Gasteiger partial charge is 0.239 e. The molecule has 33 heavy (non-hydrogen) atoms. The Balaban J connectivity index is 0.00000306. The lowest BCUT2D eigenvalue weighted by molar-refractivity contribution is -0.116. The van der Waals surface area contributed by atoms with E-state index < -0.39 is 0 Å². The Bertz CT molecular complexity index is 1040. The summed E-state index contributed by atoms with van der Waals surface area (Å²) in [5.74, 6) is 1.25. The molecule has 0 atom stereocenters. The number of methoxy groups -OCH3 is 1. The first-order valence-electron chi connectivity index (χ1n) is 10.5. The van der Waals surface area contributed by atoms with Crippen molar-refractivity contribution in [2.24, 2.45) is 0 Å². The van der Waals surface area contributed by atoms with E-state index in [2.05, 4.69) is 23.3 Å². The number of anilines is 1. The molecule has 1 aromatic heterocycles. The van der Waals surface area contributed by atoms with Gasteiger partial charge < -0.3 is 9.47 Å². The van der Waals surface area contributed by atoms with E-state index >= 15 is 0 Å². The number of ether oxygens (including phenoxy) is 2. The van der Waals surface area contributed by atoms with Crippen LogP contribution in [-0.2, 0) is 9.53 Å². The zero-order valence-electron chi connectivity index (χ0n) is 18.7. The molecule has 4 rings (SSSR count). The standard InChI is InChI=1S/C23H27N3O3S3.ClH/c1-28-17-3-5-18(6-4-17)31-16-22(27)26(10-9-25-11-13-29-14-12-25)23-24-20-8-7-19(30-2)15-21(20)32-23;/h3-8,15H,9-14,16H2,1-2H3;1H. The number of fused-ring (bicyclic) bond motifs is 1. The predicted molar refractivity (Wildman–Crippen MR) is 142 cm³/mol. The highest BCUT2D eigenvalue weighted by Gasteiger charge is 2.22. The summed E-state index contributed by atoms with van der Waals surface area (Å²) >= 11 is 4.84. The summed E-state index contributed by atoms with van der Waals surface area (Å²) in [5, 5.41) is 0.770. The molecule has 2 aromatic carbocycles. The van der Waals surface area contributed by atoms with Crippen LogP contribution in [0.25, 0.3) is 10.2 Å². The van der Waals surface area contributed by atoms with Gasteiger partial charge in [0.1, 0.15) is 5.75 Å². The Morgan fingerprint density at radius 1 is 1.18 bits per heavy atom. The number of thioether (sulfide) groups is 2. The first-order chi connectivity index (χ1) is 15.7. The number of aromatic nitrogens is 1. The Morgan fingerprint density at radius 3 is 2.61 bits per heavy atom. The molecule has 1 aliphatic heterocycles. The quantitative estimate of drug-likeness (QED) is 0.368. The third-order valence-electron chi connectivity index (χ3n) is 5.28. The number of carbonyl (C=O) groups excluding carboxylic acids is 1. The maximum atomic E-state index is 13.3. The first kappa shape index (κ1) is 26.1. The molecule has 6 nitrogen and oxygen atoms in total. The van der Waals surface area contributed by atoms with Gasteiger partial charge in [-0.2, -0.15) is 0 Å². The fraction of sp³-hybridized carbons (Fsp3) is 0.391. The van der Waals surface area contributed by atoms with Crippen molar-refractivity contribution in [3.63, 3.8) is 0 Å². The number of carbonyl (C=O) groups is 1. The minimum absolute atomic E-state index is 0. The zero-order valence-corrected chi connectivity index (χ0v) is 22.0. The van der Waals surface area contributed by atoms with Crippen LogP contribution in [0.15, 0.2) is 52.3 Å². The molecule has 0 saturated carbocycles. The number of halogens is 1. The second-order valence-corrected chi connectivity index (χ2v) is 10.2. The van der Waals surface area contributed by atoms with Gasteiger partial charge in [-0.25, -0.2) is 4.98 Å². The van der Waals surface area contributed by atoms with Crippen LogP contribution in [0.3, 0.4) is 0 Å². The van der Waals surface area contributed by atoms with Gasteiger partial charge in [0.05, 0.1) is 36.3 Å². The van der Waals surface area contributed by atoms with Crippen LogP contribution in [0, 0.1) is 0 Å². The van der Waals surface area contributed by atoms with Gasteiger partial charge >= 0.3 is 0 Å². The lowest BCUT2D eigenvalue weighted by Crippen LogP contribution is -2.43. The van der Waals surface area contributed by atoms with Crippen LogP contribution in [-0.4, -0.2) is 74.3 Å². The number of rotatable bonds is 9. The van der Waals surface area contributed by atoms with E-state index in [1.165, 1.54) is 16.7 Å². The average molecular weight is 526 g/mol. The third kappa shape index (κ3) is 7.00. The summed E-state index contributed by atoms with van der Waals surface area (Å²) in [6.45, 7) is 4.74. The highest BCUT2D eigenvalue weighted by molar-refractivity contribution is 8.00. The minimum Gasteiger partial charge on any atom is -0.497 e. The zero-order chi connectivity index (χ0) is 22.3. The van der Waals surface area contributed by atoms with Crippen LogP contribution in [0.2, 0.25) is 0 Å². The third-order valence-corrected chi connectivity index (χ3v) is 8.04. The molecule has 2 heterocycles. The highest BCUT2D eigenvalue weighted by Crippen LogP contribution is 2.32. The number of nitrogens with zero attached hydrogens (tertiary/aromatic N) is 3. The summed E-state index contributed by atoms with van der Waals surface area (Å²) in [5.41, 5.74) is 0.940. The van der Waals surface area contributed by atoms with Crippen LogP contribution in [0.5, 0.6) is 5.75 Å². The number of hydrogen-bond acceptors (Lipinski definition) is 8. The van der Waals surface area contributed by atoms with Crippen molar-refractivity contribution in [1.82, 2.24) is 9.88 Å². The van der Waals surface area contributed by atoms with Gasteiger partial charge in [0, 0.05) is 36.0 Å². The largest absolute Gasteiger partial charge is 0.497 e. The molecule has 0 unspecified atom stereocenters. The van der Waals surface area contributed by atoms with E-state index in [0.29, 0.717) is 12.3 Å². The van der Waals surface area contributed by atoms with E-state index in [1.807, 2.05) is 35.2 Å². The monoisotopic (exact) mass is 525 g/mol. The molecular formula is C23H28ClN3O3S3. The van der Waals surface area contributed by atoms with E-state index in [1.54, 1.807) is 30.2 Å². The van der Waals surface area contributed by atoms with Gasteiger partial charge in [-0.3, -0.25) is 14.6 Å². The molecule has 1 fully saturated rings. The Morgan fingerprint density at radius 2 is 1.91 bits per heavy atom. The van der Waals surface area contributed by atoms with Crippen molar-refractivity contribution in [2.45, 2.75) is 9.79 Å². The molecular weight excluding hydrogens is 498 g/mol. The number of morpholine rings is 1. The summed E-state index contributed by atoms with van der Waals surface area (Å²) in [6, 6.07) is 14.1. The predicted octanol–water partition coefficient (Wildman–Crippen LogP) is 4.91. The second-order valence-electron chi connectivity index (χ2n) is 7.29. The van der Waals surface area contributed by atoms with Crippen molar-refractivity contribution in [1.29, 1.82) is 0 Å². The first-order valence-corrected chi connectivity index (χ1v) is 13.5. The van der Waals surface area contributed by atoms with Crippen LogP contribution >= 0.6 is 47.3 Å². The average Bonchev–Trinajstić information content (AvgIpc) is 3.26. The van der Waals surface area contributed by atoms with Crippen molar-refractivity contribution in [3.8, 4) is 5.75 Å². The molecule has 3 aromatic rings. The Kier molecular flexibility index (Phi) is 10.2. The summed E-state index contributed by atoms with van der Waals surface area (Å²) < 4.78 is 11.8. The topological polar surface area (TPSA) is 54.9 Å². The summed E-state index contributed by atoms with van der Waals surface area (Å²) in [6.07, 6.45) is 2.07. The van der Waals surface area contributed by atoms with Gasteiger partial charge in [0.25, 0.3) is 0 Å². The molecule has 1 amide bonds. The number of hydrogen-bond donors (Lipinski definition) is 0. The lowest BCUT2D eigenvalue weighted by atomic mass is 10.3. The molecule has 0 aliphatic carbocycles. The molecule has 0 spiro atoms. The maximum Gasteiger partial charge on any atom is 0.239 e. The second kappa shape index (κ2) is 12.8. The van der Waals surface area contributed by atoms with E-state index in [0.717, 1.165) is 58.8 Å². The highest BCUT2D eigenvalue weighted by atomic mass is 35.5.